The highest BCUT2D eigenvalue weighted by molar-refractivity contribution is 6.62. The first-order chi connectivity index (χ1) is 8.06. The summed E-state index contributed by atoms with van der Waals surface area (Å²) in [6, 6.07) is 5.83. The van der Waals surface area contributed by atoms with Gasteiger partial charge in [0.25, 0.3) is 0 Å². The van der Waals surface area contributed by atoms with E-state index in [2.05, 4.69) is 5.16 Å². The van der Waals surface area contributed by atoms with Gasteiger partial charge in [-0.05, 0) is 38.4 Å². The molecule has 4 nitrogen and oxygen atoms in total. The molecule has 5 heteroatoms. The first kappa shape index (κ1) is 10.8. The van der Waals surface area contributed by atoms with Crippen molar-refractivity contribution >= 4 is 23.6 Å². The number of hydrogen-bond acceptors (Lipinski definition) is 4. The van der Waals surface area contributed by atoms with Gasteiger partial charge in [-0.25, -0.2) is 0 Å². The number of fused-ring (bicyclic) bond motifs is 1. The van der Waals surface area contributed by atoms with Crippen LogP contribution in [0.1, 0.15) is 20.8 Å². The van der Waals surface area contributed by atoms with Crippen LogP contribution in [0.25, 0.3) is 11.0 Å². The lowest BCUT2D eigenvalue weighted by molar-refractivity contribution is 0.0842. The Morgan fingerprint density at radius 1 is 1.35 bits per heavy atom. The second kappa shape index (κ2) is 3.58. The van der Waals surface area contributed by atoms with Gasteiger partial charge in [0.1, 0.15) is 0 Å². The third kappa shape index (κ3) is 1.75. The van der Waals surface area contributed by atoms with Crippen LogP contribution in [0.5, 0.6) is 0 Å². The van der Waals surface area contributed by atoms with Crippen LogP contribution < -0.4 is 5.46 Å². The summed E-state index contributed by atoms with van der Waals surface area (Å²) in [6.45, 7) is 6.10. The Labute approximate surface area is 100 Å². The van der Waals surface area contributed by atoms with Crippen LogP contribution in [0.15, 0.2) is 28.9 Å². The molecule has 0 radical (unpaired) electrons. The Kier molecular flexibility index (Phi) is 2.28. The zero-order valence-electron chi connectivity index (χ0n) is 10.1. The molecule has 17 heavy (non-hydrogen) atoms. The van der Waals surface area contributed by atoms with E-state index in [-0.39, 0.29) is 18.8 Å². The normalized spacial score (nSPS) is 23.5. The average molecular weight is 231 g/mol. The molecule has 2 heterocycles. The maximum atomic E-state index is 5.90. The summed E-state index contributed by atoms with van der Waals surface area (Å²) < 4.78 is 16.8. The third-order valence-corrected chi connectivity index (χ3v) is 3.37. The van der Waals surface area contributed by atoms with Crippen molar-refractivity contribution in [1.82, 2.24) is 5.16 Å². The zero-order chi connectivity index (χ0) is 12.0. The molecule has 0 aliphatic carbocycles. The van der Waals surface area contributed by atoms with Gasteiger partial charge >= 0.3 is 7.12 Å². The summed E-state index contributed by atoms with van der Waals surface area (Å²) in [5.41, 5.74) is 1.52. The molecule has 1 aromatic carbocycles. The van der Waals surface area contributed by atoms with Crippen LogP contribution in [0.2, 0.25) is 0 Å². The molecule has 88 valence electrons. The Hall–Kier alpha value is -1.33. The maximum absolute atomic E-state index is 5.90. The molecule has 1 saturated heterocycles. The summed E-state index contributed by atoms with van der Waals surface area (Å²) >= 11 is 0. The third-order valence-electron chi connectivity index (χ3n) is 3.37. The van der Waals surface area contributed by atoms with Crippen molar-refractivity contribution in [3.63, 3.8) is 0 Å². The summed E-state index contributed by atoms with van der Waals surface area (Å²) in [7, 11) is -0.306. The van der Waals surface area contributed by atoms with E-state index >= 15 is 0 Å². The Bertz CT molecular complexity index is 551. The van der Waals surface area contributed by atoms with Crippen molar-refractivity contribution in [2.75, 3.05) is 0 Å². The standard InChI is InChI=1S/C12H14BNO3/c1-8-12(2,3)17-13(15-8)10-4-5-11-9(6-10)7-14-16-11/h4-8H,1-3H3. The van der Waals surface area contributed by atoms with E-state index in [1.807, 2.05) is 39.0 Å². The van der Waals surface area contributed by atoms with Crippen LogP contribution in [0.4, 0.5) is 0 Å². The first-order valence-electron chi connectivity index (χ1n) is 5.74. The lowest BCUT2D eigenvalue weighted by Gasteiger charge is -2.21. The van der Waals surface area contributed by atoms with E-state index in [0.29, 0.717) is 0 Å². The monoisotopic (exact) mass is 231 g/mol. The van der Waals surface area contributed by atoms with Crippen molar-refractivity contribution in [2.45, 2.75) is 32.5 Å². The molecule has 1 aliphatic rings. The second-order valence-electron chi connectivity index (χ2n) is 4.95. The van der Waals surface area contributed by atoms with Crippen molar-refractivity contribution in [2.24, 2.45) is 0 Å². The van der Waals surface area contributed by atoms with E-state index in [4.69, 9.17) is 13.8 Å². The minimum atomic E-state index is -0.306. The van der Waals surface area contributed by atoms with Gasteiger partial charge in [-0.1, -0.05) is 11.2 Å². The summed E-state index contributed by atoms with van der Waals surface area (Å²) in [5.74, 6) is 0. The average Bonchev–Trinajstić information content (AvgIpc) is 2.83. The number of hydrogen-bond donors (Lipinski definition) is 0. The minimum absolute atomic E-state index is 0.0747. The van der Waals surface area contributed by atoms with Gasteiger partial charge in [0.05, 0.1) is 17.9 Å². The highest BCUT2D eigenvalue weighted by atomic mass is 16.7. The van der Waals surface area contributed by atoms with Crippen LogP contribution in [-0.4, -0.2) is 24.0 Å². The minimum Gasteiger partial charge on any atom is -0.402 e. The van der Waals surface area contributed by atoms with Crippen molar-refractivity contribution < 1.29 is 13.8 Å². The Morgan fingerprint density at radius 3 is 2.88 bits per heavy atom. The quantitative estimate of drug-likeness (QED) is 0.701. The fraction of sp³-hybridized carbons (Fsp3) is 0.417. The predicted molar refractivity (Wildman–Crippen MR) is 65.1 cm³/mol. The predicted octanol–water partition coefficient (Wildman–Crippen LogP) is 1.74. The van der Waals surface area contributed by atoms with E-state index in [1.54, 1.807) is 6.20 Å². The SMILES string of the molecule is CC1OB(c2ccc3oncc3c2)OC1(C)C. The highest BCUT2D eigenvalue weighted by Gasteiger charge is 2.43. The molecular formula is C12H14BNO3. The van der Waals surface area contributed by atoms with Gasteiger partial charge in [0.2, 0.25) is 0 Å². The van der Waals surface area contributed by atoms with Gasteiger partial charge in [0, 0.05) is 5.39 Å². The molecule has 0 N–H and O–H groups in total. The molecule has 2 aromatic rings. The zero-order valence-corrected chi connectivity index (χ0v) is 10.1. The smallest absolute Gasteiger partial charge is 0.402 e. The molecular weight excluding hydrogens is 217 g/mol. The van der Waals surface area contributed by atoms with E-state index in [9.17, 15) is 0 Å². The number of rotatable bonds is 1. The Balaban J connectivity index is 1.94. The fourth-order valence-corrected chi connectivity index (χ4v) is 1.93. The van der Waals surface area contributed by atoms with Crippen LogP contribution >= 0.6 is 0 Å². The Morgan fingerprint density at radius 2 is 2.18 bits per heavy atom. The van der Waals surface area contributed by atoms with Crippen LogP contribution in [0, 0.1) is 0 Å². The largest absolute Gasteiger partial charge is 0.494 e. The first-order valence-corrected chi connectivity index (χ1v) is 5.74. The molecule has 1 fully saturated rings. The molecule has 0 saturated carbocycles. The van der Waals surface area contributed by atoms with Crippen molar-refractivity contribution in [3.8, 4) is 0 Å². The molecule has 3 rings (SSSR count). The lowest BCUT2D eigenvalue weighted by atomic mass is 9.79. The summed E-state index contributed by atoms with van der Waals surface area (Å²) in [5, 5.41) is 4.72. The molecule has 1 unspecified atom stereocenters. The number of aromatic nitrogens is 1. The highest BCUT2D eigenvalue weighted by Crippen LogP contribution is 2.27. The molecule has 1 aliphatic heterocycles. The van der Waals surface area contributed by atoms with Crippen LogP contribution in [0.3, 0.4) is 0 Å². The molecule has 0 spiro atoms. The van der Waals surface area contributed by atoms with Gasteiger partial charge in [-0.3, -0.25) is 0 Å². The molecule has 1 atom stereocenters. The molecule has 1 aromatic heterocycles. The topological polar surface area (TPSA) is 44.5 Å². The summed E-state index contributed by atoms with van der Waals surface area (Å²) in [4.78, 5) is 0. The second-order valence-corrected chi connectivity index (χ2v) is 4.95. The van der Waals surface area contributed by atoms with Gasteiger partial charge in [0.15, 0.2) is 5.58 Å². The number of nitrogens with zero attached hydrogens (tertiary/aromatic N) is 1. The fourth-order valence-electron chi connectivity index (χ4n) is 1.93. The van der Waals surface area contributed by atoms with E-state index in [1.165, 1.54) is 0 Å². The molecule has 0 bridgehead atoms. The van der Waals surface area contributed by atoms with Crippen LogP contribution in [-0.2, 0) is 9.31 Å². The molecule has 0 amide bonds. The maximum Gasteiger partial charge on any atom is 0.494 e. The summed E-state index contributed by atoms with van der Waals surface area (Å²) in [6.07, 6.45) is 1.77. The van der Waals surface area contributed by atoms with E-state index < -0.39 is 0 Å². The van der Waals surface area contributed by atoms with Gasteiger partial charge in [-0.2, -0.15) is 0 Å². The van der Waals surface area contributed by atoms with E-state index in [0.717, 1.165) is 16.4 Å². The van der Waals surface area contributed by atoms with Gasteiger partial charge in [-0.15, -0.1) is 0 Å². The lowest BCUT2D eigenvalue weighted by Crippen LogP contribution is -2.34. The van der Waals surface area contributed by atoms with Crippen molar-refractivity contribution in [3.05, 3.63) is 24.4 Å². The van der Waals surface area contributed by atoms with Gasteiger partial charge < -0.3 is 13.8 Å². The number of benzene rings is 1. The van der Waals surface area contributed by atoms with Crippen molar-refractivity contribution in [1.29, 1.82) is 0 Å².